The lowest BCUT2D eigenvalue weighted by Crippen LogP contribution is -2.12. The Morgan fingerprint density at radius 2 is 1.68 bits per heavy atom. The number of hydrogen-bond donors (Lipinski definition) is 1. The van der Waals surface area contributed by atoms with Gasteiger partial charge in [0.05, 0.1) is 12.7 Å². The molecule has 0 bridgehead atoms. The summed E-state index contributed by atoms with van der Waals surface area (Å²) in [6, 6.07) is 13.8. The van der Waals surface area contributed by atoms with E-state index in [1.165, 1.54) is 7.11 Å². The Balaban J connectivity index is 1.71. The van der Waals surface area contributed by atoms with Crippen LogP contribution in [-0.4, -0.2) is 29.2 Å². The van der Waals surface area contributed by atoms with Crippen molar-refractivity contribution in [1.29, 1.82) is 0 Å². The van der Waals surface area contributed by atoms with Crippen LogP contribution < -0.4 is 5.32 Å². The number of carbonyl (C=O) groups is 2. The van der Waals surface area contributed by atoms with Gasteiger partial charge in [-0.25, -0.2) is 4.79 Å². The zero-order valence-electron chi connectivity index (χ0n) is 13.6. The largest absolute Gasteiger partial charge is 0.465 e. The summed E-state index contributed by atoms with van der Waals surface area (Å²) in [7, 11) is 1.30. The standard InChI is InChI=1S/C18H15N3O4/c1-11-3-5-12(6-4-11)16-20-21-17(25-16)15(22)19-14-9-7-13(8-10-14)18(23)24-2/h3-10H,1-2H3,(H,19,22). The molecular weight excluding hydrogens is 322 g/mol. The minimum Gasteiger partial charge on any atom is -0.465 e. The minimum atomic E-state index is -0.531. The van der Waals surface area contributed by atoms with Gasteiger partial charge in [0.15, 0.2) is 0 Å². The Bertz CT molecular complexity index is 899. The van der Waals surface area contributed by atoms with Crippen LogP contribution in [0.5, 0.6) is 0 Å². The summed E-state index contributed by atoms with van der Waals surface area (Å²) in [4.78, 5) is 23.6. The third kappa shape index (κ3) is 3.72. The third-order valence-corrected chi connectivity index (χ3v) is 3.48. The van der Waals surface area contributed by atoms with Crippen molar-refractivity contribution >= 4 is 17.6 Å². The molecule has 0 spiro atoms. The number of methoxy groups -OCH3 is 1. The lowest BCUT2D eigenvalue weighted by Gasteiger charge is -2.03. The third-order valence-electron chi connectivity index (χ3n) is 3.48. The van der Waals surface area contributed by atoms with Crippen LogP contribution in [0.4, 0.5) is 5.69 Å². The molecule has 0 aliphatic rings. The predicted octanol–water partition coefficient (Wildman–Crippen LogP) is 3.08. The number of carbonyl (C=O) groups excluding carboxylic acids is 2. The molecule has 2 aromatic carbocycles. The molecule has 1 heterocycles. The molecule has 1 amide bonds. The Morgan fingerprint density at radius 1 is 1.00 bits per heavy atom. The van der Waals surface area contributed by atoms with Gasteiger partial charge in [-0.3, -0.25) is 4.79 Å². The van der Waals surface area contributed by atoms with Gasteiger partial charge in [-0.05, 0) is 43.3 Å². The lowest BCUT2D eigenvalue weighted by molar-refractivity contribution is 0.0600. The molecule has 7 heteroatoms. The van der Waals surface area contributed by atoms with Crippen molar-refractivity contribution in [2.45, 2.75) is 6.92 Å². The van der Waals surface area contributed by atoms with Gasteiger partial charge in [0.1, 0.15) is 0 Å². The van der Waals surface area contributed by atoms with E-state index in [1.54, 1.807) is 24.3 Å². The van der Waals surface area contributed by atoms with E-state index in [1.807, 2.05) is 31.2 Å². The summed E-state index contributed by atoms with van der Waals surface area (Å²) in [6.07, 6.45) is 0. The fourth-order valence-electron chi connectivity index (χ4n) is 2.12. The maximum absolute atomic E-state index is 12.2. The van der Waals surface area contributed by atoms with Gasteiger partial charge in [0.25, 0.3) is 0 Å². The average Bonchev–Trinajstić information content (AvgIpc) is 3.12. The second-order valence-corrected chi connectivity index (χ2v) is 5.30. The van der Waals surface area contributed by atoms with E-state index in [4.69, 9.17) is 4.42 Å². The van der Waals surface area contributed by atoms with Crippen LogP contribution in [0.1, 0.15) is 26.6 Å². The van der Waals surface area contributed by atoms with Crippen molar-refractivity contribution in [2.24, 2.45) is 0 Å². The van der Waals surface area contributed by atoms with E-state index in [0.717, 1.165) is 11.1 Å². The number of ether oxygens (including phenoxy) is 1. The van der Waals surface area contributed by atoms with E-state index in [-0.39, 0.29) is 11.8 Å². The summed E-state index contributed by atoms with van der Waals surface area (Å²) in [6.45, 7) is 1.97. The van der Waals surface area contributed by atoms with E-state index in [0.29, 0.717) is 11.3 Å². The summed E-state index contributed by atoms with van der Waals surface area (Å²) < 4.78 is 10.0. The summed E-state index contributed by atoms with van der Waals surface area (Å²) in [5, 5.41) is 10.3. The fraction of sp³-hybridized carbons (Fsp3) is 0.111. The molecule has 0 saturated carbocycles. The fourth-order valence-corrected chi connectivity index (χ4v) is 2.12. The van der Waals surface area contributed by atoms with Crippen LogP contribution in [0.25, 0.3) is 11.5 Å². The highest BCUT2D eigenvalue weighted by Crippen LogP contribution is 2.19. The molecule has 0 aliphatic heterocycles. The molecule has 7 nitrogen and oxygen atoms in total. The number of aromatic nitrogens is 2. The summed E-state index contributed by atoms with van der Waals surface area (Å²) in [5.41, 5.74) is 2.73. The minimum absolute atomic E-state index is 0.146. The van der Waals surface area contributed by atoms with Crippen LogP contribution in [0.2, 0.25) is 0 Å². The maximum atomic E-state index is 12.2. The molecular formula is C18H15N3O4. The number of amides is 1. The molecule has 0 aliphatic carbocycles. The predicted molar refractivity (Wildman–Crippen MR) is 90.2 cm³/mol. The molecule has 3 rings (SSSR count). The number of nitrogens with one attached hydrogen (secondary N) is 1. The molecule has 3 aromatic rings. The van der Waals surface area contributed by atoms with Crippen LogP contribution in [0.15, 0.2) is 52.9 Å². The molecule has 0 fully saturated rings. The first-order valence-corrected chi connectivity index (χ1v) is 7.47. The molecule has 0 radical (unpaired) electrons. The highest BCUT2D eigenvalue weighted by molar-refractivity contribution is 6.01. The normalized spacial score (nSPS) is 10.3. The average molecular weight is 337 g/mol. The molecule has 1 aromatic heterocycles. The number of benzene rings is 2. The van der Waals surface area contributed by atoms with Crippen LogP contribution >= 0.6 is 0 Å². The van der Waals surface area contributed by atoms with Gasteiger partial charge in [-0.2, -0.15) is 0 Å². The zero-order valence-corrected chi connectivity index (χ0v) is 13.6. The Hall–Kier alpha value is -3.48. The maximum Gasteiger partial charge on any atom is 0.337 e. The second kappa shape index (κ2) is 6.96. The lowest BCUT2D eigenvalue weighted by atomic mass is 10.1. The van der Waals surface area contributed by atoms with Crippen LogP contribution in [-0.2, 0) is 4.74 Å². The topological polar surface area (TPSA) is 94.3 Å². The highest BCUT2D eigenvalue weighted by Gasteiger charge is 2.16. The van der Waals surface area contributed by atoms with E-state index in [2.05, 4.69) is 20.3 Å². The molecule has 0 unspecified atom stereocenters. The molecule has 25 heavy (non-hydrogen) atoms. The van der Waals surface area contributed by atoms with Gasteiger partial charge in [0, 0.05) is 11.3 Å². The van der Waals surface area contributed by atoms with Crippen molar-refractivity contribution in [3.05, 3.63) is 65.5 Å². The van der Waals surface area contributed by atoms with Crippen molar-refractivity contribution in [2.75, 3.05) is 12.4 Å². The quantitative estimate of drug-likeness (QED) is 0.735. The van der Waals surface area contributed by atoms with Gasteiger partial charge < -0.3 is 14.5 Å². The molecule has 0 atom stereocenters. The smallest absolute Gasteiger partial charge is 0.337 e. The van der Waals surface area contributed by atoms with Gasteiger partial charge in [-0.15, -0.1) is 10.2 Å². The molecule has 126 valence electrons. The van der Waals surface area contributed by atoms with Gasteiger partial charge >= 0.3 is 17.8 Å². The van der Waals surface area contributed by atoms with Crippen molar-refractivity contribution in [3.8, 4) is 11.5 Å². The first kappa shape index (κ1) is 16.4. The highest BCUT2D eigenvalue weighted by atomic mass is 16.5. The number of nitrogens with zero attached hydrogens (tertiary/aromatic N) is 2. The first-order valence-electron chi connectivity index (χ1n) is 7.47. The van der Waals surface area contributed by atoms with Crippen molar-refractivity contribution in [1.82, 2.24) is 10.2 Å². The second-order valence-electron chi connectivity index (χ2n) is 5.30. The summed E-state index contributed by atoms with van der Waals surface area (Å²) >= 11 is 0. The number of rotatable bonds is 4. The molecule has 1 N–H and O–H groups in total. The Morgan fingerprint density at radius 3 is 2.32 bits per heavy atom. The monoisotopic (exact) mass is 337 g/mol. The van der Waals surface area contributed by atoms with E-state index >= 15 is 0 Å². The Labute approximate surface area is 143 Å². The van der Waals surface area contributed by atoms with Crippen LogP contribution in [0.3, 0.4) is 0 Å². The first-order chi connectivity index (χ1) is 12.1. The van der Waals surface area contributed by atoms with Gasteiger partial charge in [0.2, 0.25) is 5.89 Å². The van der Waals surface area contributed by atoms with Crippen LogP contribution in [0, 0.1) is 6.92 Å². The Kier molecular flexibility index (Phi) is 4.56. The SMILES string of the molecule is COC(=O)c1ccc(NC(=O)c2nnc(-c3ccc(C)cc3)o2)cc1. The summed E-state index contributed by atoms with van der Waals surface area (Å²) in [5.74, 6) is -0.854. The van der Waals surface area contributed by atoms with Crippen molar-refractivity contribution in [3.63, 3.8) is 0 Å². The van der Waals surface area contributed by atoms with Crippen molar-refractivity contribution < 1.29 is 18.7 Å². The number of aryl methyl sites for hydroxylation is 1. The van der Waals surface area contributed by atoms with Gasteiger partial charge in [-0.1, -0.05) is 17.7 Å². The van der Waals surface area contributed by atoms with E-state index in [9.17, 15) is 9.59 Å². The number of anilines is 1. The van der Waals surface area contributed by atoms with E-state index < -0.39 is 11.9 Å². The number of esters is 1. The number of hydrogen-bond acceptors (Lipinski definition) is 6. The molecule has 0 saturated heterocycles. The zero-order chi connectivity index (χ0) is 17.8.